The molecule has 0 saturated carbocycles. The number of phenols is 1. The molecule has 0 unspecified atom stereocenters. The third kappa shape index (κ3) is 5.31. The average Bonchev–Trinajstić information content (AvgIpc) is 2.64. The van der Waals surface area contributed by atoms with Gasteiger partial charge in [-0.1, -0.05) is 48.0 Å². The molecule has 0 aliphatic carbocycles. The zero-order valence-electron chi connectivity index (χ0n) is 14.0. The highest BCUT2D eigenvalue weighted by atomic mass is 35.5. The first-order chi connectivity index (χ1) is 12.2. The molecule has 0 fully saturated rings. The van der Waals surface area contributed by atoms with Gasteiger partial charge in [0, 0.05) is 32.0 Å². The lowest BCUT2D eigenvalue weighted by Gasteiger charge is -2.23. The van der Waals surface area contributed by atoms with E-state index < -0.39 is 0 Å². The maximum absolute atomic E-state index is 9.61. The number of halogens is 1. The molecule has 0 aliphatic heterocycles. The van der Waals surface area contributed by atoms with Crippen molar-refractivity contribution in [2.24, 2.45) is 0 Å². The lowest BCUT2D eigenvalue weighted by atomic mass is 10.1. The van der Waals surface area contributed by atoms with Crippen LogP contribution in [0.25, 0.3) is 0 Å². The minimum Gasteiger partial charge on any atom is -0.506 e. The molecule has 2 aromatic carbocycles. The van der Waals surface area contributed by atoms with Crippen LogP contribution < -0.4 is 0 Å². The van der Waals surface area contributed by atoms with E-state index in [1.807, 2.05) is 30.6 Å². The molecule has 1 N–H and O–H groups in total. The van der Waals surface area contributed by atoms with Gasteiger partial charge in [-0.05, 0) is 47.4 Å². The fourth-order valence-corrected chi connectivity index (χ4v) is 3.00. The van der Waals surface area contributed by atoms with Crippen LogP contribution in [0.4, 0.5) is 0 Å². The van der Waals surface area contributed by atoms with Crippen molar-refractivity contribution >= 4 is 11.6 Å². The van der Waals surface area contributed by atoms with E-state index in [-0.39, 0.29) is 5.75 Å². The summed E-state index contributed by atoms with van der Waals surface area (Å²) >= 11 is 6.05. The van der Waals surface area contributed by atoms with Gasteiger partial charge < -0.3 is 5.11 Å². The van der Waals surface area contributed by atoms with E-state index in [0.29, 0.717) is 5.02 Å². The van der Waals surface area contributed by atoms with Gasteiger partial charge in [0.05, 0.1) is 5.02 Å². The molecular formula is C21H21ClN2O. The monoisotopic (exact) mass is 352 g/mol. The second kappa shape index (κ2) is 8.65. The van der Waals surface area contributed by atoms with Crippen molar-refractivity contribution in [1.82, 2.24) is 9.88 Å². The van der Waals surface area contributed by atoms with Crippen molar-refractivity contribution in [1.29, 1.82) is 0 Å². The van der Waals surface area contributed by atoms with Gasteiger partial charge in [0.15, 0.2) is 0 Å². The Morgan fingerprint density at radius 1 is 0.840 bits per heavy atom. The molecule has 3 rings (SSSR count). The maximum Gasteiger partial charge on any atom is 0.134 e. The molecule has 3 nitrogen and oxygen atoms in total. The first-order valence-electron chi connectivity index (χ1n) is 8.33. The van der Waals surface area contributed by atoms with E-state index in [2.05, 4.69) is 46.3 Å². The van der Waals surface area contributed by atoms with Crippen molar-refractivity contribution in [2.45, 2.75) is 19.5 Å². The SMILES string of the molecule is Oc1ccc(CN(CCc2ccncc2)Cc2ccccc2)cc1Cl. The Morgan fingerprint density at radius 2 is 1.56 bits per heavy atom. The normalized spacial score (nSPS) is 11.0. The highest BCUT2D eigenvalue weighted by molar-refractivity contribution is 6.32. The number of nitrogens with zero attached hydrogens (tertiary/aromatic N) is 2. The van der Waals surface area contributed by atoms with Gasteiger partial charge in [-0.2, -0.15) is 0 Å². The highest BCUT2D eigenvalue weighted by Crippen LogP contribution is 2.24. The van der Waals surface area contributed by atoms with Gasteiger partial charge in [0.25, 0.3) is 0 Å². The van der Waals surface area contributed by atoms with Crippen molar-refractivity contribution in [3.05, 3.63) is 94.8 Å². The van der Waals surface area contributed by atoms with Crippen LogP contribution in [0.2, 0.25) is 5.02 Å². The molecule has 0 amide bonds. The number of aromatic hydroxyl groups is 1. The van der Waals surface area contributed by atoms with Gasteiger partial charge in [-0.15, -0.1) is 0 Å². The Balaban J connectivity index is 1.72. The second-order valence-electron chi connectivity index (χ2n) is 6.09. The van der Waals surface area contributed by atoms with E-state index in [4.69, 9.17) is 11.6 Å². The Morgan fingerprint density at radius 3 is 2.28 bits per heavy atom. The van der Waals surface area contributed by atoms with Gasteiger partial charge in [0.2, 0.25) is 0 Å². The second-order valence-corrected chi connectivity index (χ2v) is 6.49. The number of hydrogen-bond donors (Lipinski definition) is 1. The summed E-state index contributed by atoms with van der Waals surface area (Å²) in [5, 5.41) is 10.0. The Kier molecular flexibility index (Phi) is 6.04. The number of phenolic OH excluding ortho intramolecular Hbond substituents is 1. The summed E-state index contributed by atoms with van der Waals surface area (Å²) in [4.78, 5) is 6.46. The van der Waals surface area contributed by atoms with E-state index in [0.717, 1.165) is 31.6 Å². The van der Waals surface area contributed by atoms with Crippen LogP contribution in [0.1, 0.15) is 16.7 Å². The summed E-state index contributed by atoms with van der Waals surface area (Å²) in [5.74, 6) is 0.122. The van der Waals surface area contributed by atoms with Gasteiger partial charge >= 0.3 is 0 Å². The van der Waals surface area contributed by atoms with Crippen molar-refractivity contribution in [2.75, 3.05) is 6.54 Å². The summed E-state index contributed by atoms with van der Waals surface area (Å²) < 4.78 is 0. The maximum atomic E-state index is 9.61. The number of hydrogen-bond acceptors (Lipinski definition) is 3. The summed E-state index contributed by atoms with van der Waals surface area (Å²) in [6.45, 7) is 2.57. The predicted molar refractivity (Wildman–Crippen MR) is 102 cm³/mol. The quantitative estimate of drug-likeness (QED) is 0.670. The largest absolute Gasteiger partial charge is 0.506 e. The Hall–Kier alpha value is -2.36. The van der Waals surface area contributed by atoms with Crippen LogP contribution in [0.5, 0.6) is 5.75 Å². The van der Waals surface area contributed by atoms with Crippen LogP contribution in [0, 0.1) is 0 Å². The molecule has 0 radical (unpaired) electrons. The Bertz CT molecular complexity index is 794. The smallest absolute Gasteiger partial charge is 0.134 e. The van der Waals surface area contributed by atoms with E-state index in [9.17, 15) is 5.11 Å². The first-order valence-corrected chi connectivity index (χ1v) is 8.71. The van der Waals surface area contributed by atoms with Gasteiger partial charge in [-0.3, -0.25) is 9.88 Å². The molecule has 0 aliphatic rings. The molecule has 0 spiro atoms. The minimum absolute atomic E-state index is 0.122. The Labute approximate surface area is 153 Å². The third-order valence-electron chi connectivity index (χ3n) is 4.13. The lowest BCUT2D eigenvalue weighted by Crippen LogP contribution is -2.25. The summed E-state index contributed by atoms with van der Waals surface area (Å²) in [6, 6.07) is 20.0. The fourth-order valence-electron chi connectivity index (χ4n) is 2.80. The molecular weight excluding hydrogens is 332 g/mol. The fraction of sp³-hybridized carbons (Fsp3) is 0.190. The zero-order valence-corrected chi connectivity index (χ0v) is 14.7. The predicted octanol–water partition coefficient (Wildman–Crippen LogP) is 4.69. The van der Waals surface area contributed by atoms with Crippen molar-refractivity contribution in [3.8, 4) is 5.75 Å². The van der Waals surface area contributed by atoms with Crippen LogP contribution >= 0.6 is 11.6 Å². The summed E-state index contributed by atoms with van der Waals surface area (Å²) in [7, 11) is 0. The number of rotatable bonds is 7. The van der Waals surface area contributed by atoms with Crippen molar-refractivity contribution in [3.63, 3.8) is 0 Å². The van der Waals surface area contributed by atoms with Gasteiger partial charge in [0.1, 0.15) is 5.75 Å². The molecule has 0 saturated heterocycles. The van der Waals surface area contributed by atoms with Crippen LogP contribution in [-0.4, -0.2) is 21.5 Å². The average molecular weight is 353 g/mol. The minimum atomic E-state index is 0.122. The molecule has 0 atom stereocenters. The van der Waals surface area contributed by atoms with Crippen LogP contribution in [0.3, 0.4) is 0 Å². The summed E-state index contributed by atoms with van der Waals surface area (Å²) in [6.07, 6.45) is 4.62. The number of pyridine rings is 1. The molecule has 1 aromatic heterocycles. The molecule has 25 heavy (non-hydrogen) atoms. The first kappa shape index (κ1) is 17.5. The molecule has 0 bridgehead atoms. The van der Waals surface area contributed by atoms with Crippen LogP contribution in [-0.2, 0) is 19.5 Å². The summed E-state index contributed by atoms with van der Waals surface area (Å²) in [5.41, 5.74) is 3.65. The molecule has 4 heteroatoms. The third-order valence-corrected chi connectivity index (χ3v) is 4.44. The lowest BCUT2D eigenvalue weighted by molar-refractivity contribution is 0.260. The number of aromatic nitrogens is 1. The van der Waals surface area contributed by atoms with E-state index >= 15 is 0 Å². The molecule has 128 valence electrons. The zero-order chi connectivity index (χ0) is 17.5. The molecule has 3 aromatic rings. The molecule has 1 heterocycles. The van der Waals surface area contributed by atoms with E-state index in [1.165, 1.54) is 11.1 Å². The van der Waals surface area contributed by atoms with E-state index in [1.54, 1.807) is 6.07 Å². The van der Waals surface area contributed by atoms with Crippen molar-refractivity contribution < 1.29 is 5.11 Å². The van der Waals surface area contributed by atoms with Crippen LogP contribution in [0.15, 0.2) is 73.1 Å². The topological polar surface area (TPSA) is 36.4 Å². The van der Waals surface area contributed by atoms with Gasteiger partial charge in [-0.25, -0.2) is 0 Å². The standard InChI is InChI=1S/C21H21ClN2O/c22-20-14-19(6-7-21(20)25)16-24(15-18-4-2-1-3-5-18)13-10-17-8-11-23-12-9-17/h1-9,11-12,14,25H,10,13,15-16H2. The highest BCUT2D eigenvalue weighted by Gasteiger charge is 2.09. The number of benzene rings is 2.